The van der Waals surface area contributed by atoms with Crippen LogP contribution in [0.3, 0.4) is 0 Å². The van der Waals surface area contributed by atoms with Crippen molar-refractivity contribution in [3.8, 4) is 0 Å². The maximum atomic E-state index is 12.2. The Morgan fingerprint density at radius 3 is 3.18 bits per heavy atom. The van der Waals surface area contributed by atoms with Gasteiger partial charge < -0.3 is 10.1 Å². The first-order chi connectivity index (χ1) is 8.31. The normalized spacial score (nSPS) is 24.1. The van der Waals surface area contributed by atoms with E-state index in [9.17, 15) is 4.79 Å². The number of ketones is 1. The average Bonchev–Trinajstić information content (AvgIpc) is 2.96. The molecule has 94 valence electrons. The molecule has 0 spiro atoms. The van der Waals surface area contributed by atoms with Gasteiger partial charge in [-0.25, -0.2) is 0 Å². The monoisotopic (exact) mass is 253 g/mol. The Balaban J connectivity index is 1.89. The molecule has 0 bridgehead atoms. The van der Waals surface area contributed by atoms with Crippen molar-refractivity contribution >= 4 is 17.1 Å². The number of hydrogen-bond donors (Lipinski definition) is 1. The molecule has 0 aliphatic carbocycles. The van der Waals surface area contributed by atoms with Gasteiger partial charge >= 0.3 is 0 Å². The minimum Gasteiger partial charge on any atom is -0.379 e. The highest BCUT2D eigenvalue weighted by molar-refractivity contribution is 7.07. The number of carbonyl (C=O) groups excluding carboxylic acids is 1. The van der Waals surface area contributed by atoms with Gasteiger partial charge in [0.25, 0.3) is 0 Å². The van der Waals surface area contributed by atoms with Crippen LogP contribution in [0.25, 0.3) is 0 Å². The summed E-state index contributed by atoms with van der Waals surface area (Å²) >= 11 is 1.64. The van der Waals surface area contributed by atoms with E-state index in [0.29, 0.717) is 25.4 Å². The number of rotatable bonds is 6. The van der Waals surface area contributed by atoms with Crippen LogP contribution in [0.2, 0.25) is 0 Å². The zero-order valence-electron chi connectivity index (χ0n) is 10.1. The second-order valence-corrected chi connectivity index (χ2v) is 5.26. The second-order valence-electron chi connectivity index (χ2n) is 4.48. The summed E-state index contributed by atoms with van der Waals surface area (Å²) < 4.78 is 5.43. The third kappa shape index (κ3) is 3.37. The molecular formula is C13H19NO2S. The van der Waals surface area contributed by atoms with Crippen LogP contribution in [-0.4, -0.2) is 31.6 Å². The van der Waals surface area contributed by atoms with Gasteiger partial charge in [0, 0.05) is 12.5 Å². The van der Waals surface area contributed by atoms with Gasteiger partial charge in [0.15, 0.2) is 0 Å². The molecule has 1 fully saturated rings. The summed E-state index contributed by atoms with van der Waals surface area (Å²) in [5.74, 6) is 0.330. The first-order valence-electron chi connectivity index (χ1n) is 6.16. The first-order valence-corrected chi connectivity index (χ1v) is 7.10. The molecule has 2 atom stereocenters. The van der Waals surface area contributed by atoms with Crippen molar-refractivity contribution in [2.75, 3.05) is 19.8 Å². The number of hydrogen-bond acceptors (Lipinski definition) is 4. The molecule has 2 rings (SSSR count). The molecule has 0 saturated carbocycles. The highest BCUT2D eigenvalue weighted by atomic mass is 32.1. The third-order valence-corrected chi connectivity index (χ3v) is 3.84. The predicted molar refractivity (Wildman–Crippen MR) is 69.4 cm³/mol. The fourth-order valence-electron chi connectivity index (χ4n) is 2.13. The Kier molecular flexibility index (Phi) is 4.71. The standard InChI is InChI=1S/C13H19NO2S/c1-2-4-14-12-8-16-7-11(12)13(15)6-10-3-5-17-9-10/h3,5,9,11-12,14H,2,4,6-8H2,1H3. The smallest absolute Gasteiger partial charge is 0.144 e. The highest BCUT2D eigenvalue weighted by Gasteiger charge is 2.33. The van der Waals surface area contributed by atoms with Crippen LogP contribution in [0.5, 0.6) is 0 Å². The molecule has 3 nitrogen and oxygen atoms in total. The summed E-state index contributed by atoms with van der Waals surface area (Å²) in [4.78, 5) is 12.2. The Bertz CT molecular complexity index is 350. The number of ether oxygens (including phenoxy) is 1. The molecule has 1 saturated heterocycles. The van der Waals surface area contributed by atoms with Crippen molar-refractivity contribution in [2.45, 2.75) is 25.8 Å². The van der Waals surface area contributed by atoms with E-state index in [1.54, 1.807) is 11.3 Å². The Labute approximate surface area is 106 Å². The van der Waals surface area contributed by atoms with Crippen LogP contribution in [0, 0.1) is 5.92 Å². The molecule has 1 aliphatic rings. The third-order valence-electron chi connectivity index (χ3n) is 3.11. The van der Waals surface area contributed by atoms with Crippen LogP contribution >= 0.6 is 11.3 Å². The molecular weight excluding hydrogens is 234 g/mol. The Morgan fingerprint density at radius 1 is 1.59 bits per heavy atom. The summed E-state index contributed by atoms with van der Waals surface area (Å²) in [7, 11) is 0. The molecule has 4 heteroatoms. The molecule has 0 radical (unpaired) electrons. The molecule has 1 N–H and O–H groups in total. The van der Waals surface area contributed by atoms with E-state index in [1.807, 2.05) is 16.8 Å². The van der Waals surface area contributed by atoms with E-state index in [0.717, 1.165) is 18.5 Å². The first kappa shape index (κ1) is 12.7. The van der Waals surface area contributed by atoms with Crippen LogP contribution < -0.4 is 5.32 Å². The van der Waals surface area contributed by atoms with E-state index < -0.39 is 0 Å². The van der Waals surface area contributed by atoms with Crippen molar-refractivity contribution in [2.24, 2.45) is 5.92 Å². The van der Waals surface area contributed by atoms with Gasteiger partial charge in [-0.3, -0.25) is 4.79 Å². The minimum absolute atomic E-state index is 0.0291. The highest BCUT2D eigenvalue weighted by Crippen LogP contribution is 2.18. The van der Waals surface area contributed by atoms with Gasteiger partial charge in [-0.1, -0.05) is 6.92 Å². The van der Waals surface area contributed by atoms with Gasteiger partial charge in [0.1, 0.15) is 5.78 Å². The lowest BCUT2D eigenvalue weighted by molar-refractivity contribution is -0.122. The number of thiophene rings is 1. The largest absolute Gasteiger partial charge is 0.379 e. The molecule has 0 amide bonds. The summed E-state index contributed by atoms with van der Waals surface area (Å²) in [5.41, 5.74) is 1.13. The zero-order valence-corrected chi connectivity index (χ0v) is 11.0. The lowest BCUT2D eigenvalue weighted by Crippen LogP contribution is -2.40. The fraction of sp³-hybridized carbons (Fsp3) is 0.615. The molecule has 2 unspecified atom stereocenters. The lowest BCUT2D eigenvalue weighted by Gasteiger charge is -2.17. The number of carbonyl (C=O) groups is 1. The predicted octanol–water partition coefficient (Wildman–Crippen LogP) is 1.87. The summed E-state index contributed by atoms with van der Waals surface area (Å²) in [6.45, 7) is 4.33. The topological polar surface area (TPSA) is 38.3 Å². The molecule has 1 aromatic rings. The summed E-state index contributed by atoms with van der Waals surface area (Å²) in [5, 5.41) is 7.46. The summed E-state index contributed by atoms with van der Waals surface area (Å²) in [6, 6.07) is 2.23. The Morgan fingerprint density at radius 2 is 2.47 bits per heavy atom. The number of nitrogens with one attached hydrogen (secondary N) is 1. The van der Waals surface area contributed by atoms with Crippen molar-refractivity contribution < 1.29 is 9.53 Å². The quantitative estimate of drug-likeness (QED) is 0.841. The summed E-state index contributed by atoms with van der Waals surface area (Å²) in [6.07, 6.45) is 1.63. The van der Waals surface area contributed by atoms with Gasteiger partial charge in [-0.05, 0) is 35.4 Å². The van der Waals surface area contributed by atoms with Crippen LogP contribution in [0.15, 0.2) is 16.8 Å². The fourth-order valence-corrected chi connectivity index (χ4v) is 2.80. The van der Waals surface area contributed by atoms with E-state index >= 15 is 0 Å². The molecule has 1 aromatic heterocycles. The van der Waals surface area contributed by atoms with Crippen molar-refractivity contribution in [3.63, 3.8) is 0 Å². The van der Waals surface area contributed by atoms with E-state index in [1.165, 1.54) is 0 Å². The average molecular weight is 253 g/mol. The van der Waals surface area contributed by atoms with Crippen LogP contribution in [0.4, 0.5) is 0 Å². The SMILES string of the molecule is CCCNC1COCC1C(=O)Cc1ccsc1. The molecule has 2 heterocycles. The van der Waals surface area contributed by atoms with Gasteiger partial charge in [0.05, 0.1) is 19.1 Å². The second kappa shape index (κ2) is 6.28. The van der Waals surface area contributed by atoms with Crippen molar-refractivity contribution in [1.82, 2.24) is 5.32 Å². The molecule has 0 aromatic carbocycles. The maximum absolute atomic E-state index is 12.2. The van der Waals surface area contributed by atoms with Crippen LogP contribution in [-0.2, 0) is 16.0 Å². The minimum atomic E-state index is 0.0291. The van der Waals surface area contributed by atoms with Crippen LogP contribution in [0.1, 0.15) is 18.9 Å². The van der Waals surface area contributed by atoms with Gasteiger partial charge in [-0.15, -0.1) is 0 Å². The number of Topliss-reactive ketones (excluding diaryl/α,β-unsaturated/α-hetero) is 1. The van der Waals surface area contributed by atoms with Gasteiger partial charge in [-0.2, -0.15) is 11.3 Å². The molecule has 1 aliphatic heterocycles. The van der Waals surface area contributed by atoms with Gasteiger partial charge in [0.2, 0.25) is 0 Å². The Hall–Kier alpha value is -0.710. The lowest BCUT2D eigenvalue weighted by atomic mass is 9.94. The zero-order chi connectivity index (χ0) is 12.1. The molecule has 17 heavy (non-hydrogen) atoms. The van der Waals surface area contributed by atoms with Crippen molar-refractivity contribution in [1.29, 1.82) is 0 Å². The van der Waals surface area contributed by atoms with E-state index in [4.69, 9.17) is 4.74 Å². The maximum Gasteiger partial charge on any atom is 0.144 e. The van der Waals surface area contributed by atoms with E-state index in [2.05, 4.69) is 12.2 Å². The van der Waals surface area contributed by atoms with Crippen molar-refractivity contribution in [3.05, 3.63) is 22.4 Å². The van der Waals surface area contributed by atoms with E-state index in [-0.39, 0.29) is 12.0 Å².